The second-order valence-corrected chi connectivity index (χ2v) is 5.76. The number of thiophene rings is 1. The Labute approximate surface area is 126 Å². The number of phenols is 1. The zero-order valence-corrected chi connectivity index (χ0v) is 12.4. The van der Waals surface area contributed by atoms with Crippen molar-refractivity contribution in [2.45, 2.75) is 6.54 Å². The number of carbonyl (C=O) groups is 1. The van der Waals surface area contributed by atoms with Gasteiger partial charge in [-0.05, 0) is 28.1 Å². The van der Waals surface area contributed by atoms with Crippen molar-refractivity contribution < 1.29 is 14.8 Å². The van der Waals surface area contributed by atoms with E-state index in [1.165, 1.54) is 23.5 Å². The van der Waals surface area contributed by atoms with Gasteiger partial charge in [-0.15, -0.1) is 11.3 Å². The molecule has 2 N–H and O–H groups in total. The van der Waals surface area contributed by atoms with E-state index in [-0.39, 0.29) is 12.1 Å². The number of benzene rings is 1. The molecule has 1 aromatic carbocycles. The van der Waals surface area contributed by atoms with Crippen molar-refractivity contribution in [1.82, 2.24) is 5.32 Å². The van der Waals surface area contributed by atoms with E-state index in [1.807, 2.05) is 11.4 Å². The Hall–Kier alpha value is -1.93. The van der Waals surface area contributed by atoms with Gasteiger partial charge in [0.2, 0.25) is 5.75 Å². The van der Waals surface area contributed by atoms with Crippen LogP contribution >= 0.6 is 27.3 Å². The largest absolute Gasteiger partial charge is 0.502 e. The predicted octanol–water partition coefficient (Wildman–Crippen LogP) is 3.05. The van der Waals surface area contributed by atoms with Crippen LogP contribution in [0, 0.1) is 10.1 Å². The molecule has 0 aliphatic carbocycles. The maximum atomic E-state index is 11.9. The molecule has 2 rings (SSSR count). The SMILES string of the molecule is O=C(NCc1cc(Br)cs1)c1cccc([N+](=O)[O-])c1O. The number of carbonyl (C=O) groups excluding carboxylic acids is 1. The van der Waals surface area contributed by atoms with Crippen LogP contribution in [0.3, 0.4) is 0 Å². The number of rotatable bonds is 4. The number of hydrogen-bond donors (Lipinski definition) is 2. The highest BCUT2D eigenvalue weighted by molar-refractivity contribution is 9.10. The number of nitrogens with zero attached hydrogens (tertiary/aromatic N) is 1. The number of para-hydroxylation sites is 1. The van der Waals surface area contributed by atoms with Gasteiger partial charge >= 0.3 is 5.69 Å². The lowest BCUT2D eigenvalue weighted by Gasteiger charge is -2.05. The van der Waals surface area contributed by atoms with Crippen LogP contribution in [0.15, 0.2) is 34.1 Å². The van der Waals surface area contributed by atoms with Gasteiger partial charge in [-0.1, -0.05) is 6.07 Å². The highest BCUT2D eigenvalue weighted by Crippen LogP contribution is 2.29. The minimum atomic E-state index is -0.734. The van der Waals surface area contributed by atoms with E-state index in [1.54, 1.807) is 0 Å². The summed E-state index contributed by atoms with van der Waals surface area (Å²) in [5.41, 5.74) is -0.605. The Morgan fingerprint density at radius 2 is 2.25 bits per heavy atom. The van der Waals surface area contributed by atoms with Crippen molar-refractivity contribution in [2.75, 3.05) is 0 Å². The normalized spacial score (nSPS) is 10.2. The van der Waals surface area contributed by atoms with E-state index in [2.05, 4.69) is 21.2 Å². The zero-order valence-electron chi connectivity index (χ0n) is 10.00. The van der Waals surface area contributed by atoms with Crippen molar-refractivity contribution in [3.8, 4) is 5.75 Å². The van der Waals surface area contributed by atoms with Crippen LogP contribution in [0.25, 0.3) is 0 Å². The standard InChI is InChI=1S/C12H9BrN2O4S/c13-7-4-8(20-6-7)5-14-12(17)9-2-1-3-10(11(9)16)15(18)19/h1-4,6,16H,5H2,(H,14,17). The molecule has 2 aromatic rings. The average molecular weight is 357 g/mol. The minimum absolute atomic E-state index is 0.116. The van der Waals surface area contributed by atoms with Crippen LogP contribution in [0.4, 0.5) is 5.69 Å². The number of halogens is 1. The summed E-state index contributed by atoms with van der Waals surface area (Å²) < 4.78 is 0.921. The fourth-order valence-electron chi connectivity index (χ4n) is 1.57. The van der Waals surface area contributed by atoms with E-state index in [0.717, 1.165) is 15.4 Å². The van der Waals surface area contributed by atoms with Crippen molar-refractivity contribution in [1.29, 1.82) is 0 Å². The Morgan fingerprint density at radius 1 is 1.50 bits per heavy atom. The number of amides is 1. The summed E-state index contributed by atoms with van der Waals surface area (Å²) in [6.07, 6.45) is 0. The van der Waals surface area contributed by atoms with Gasteiger partial charge in [0, 0.05) is 20.8 Å². The minimum Gasteiger partial charge on any atom is -0.502 e. The smallest absolute Gasteiger partial charge is 0.311 e. The van der Waals surface area contributed by atoms with Crippen molar-refractivity contribution in [3.05, 3.63) is 54.7 Å². The van der Waals surface area contributed by atoms with Gasteiger partial charge in [0.15, 0.2) is 0 Å². The fourth-order valence-corrected chi connectivity index (χ4v) is 2.96. The molecule has 104 valence electrons. The van der Waals surface area contributed by atoms with Crippen LogP contribution in [-0.2, 0) is 6.54 Å². The number of aromatic hydroxyl groups is 1. The molecule has 0 saturated carbocycles. The van der Waals surface area contributed by atoms with Gasteiger partial charge in [0.05, 0.1) is 17.0 Å². The number of hydrogen-bond acceptors (Lipinski definition) is 5. The molecule has 8 heteroatoms. The Balaban J connectivity index is 2.13. The molecular formula is C12H9BrN2O4S. The zero-order chi connectivity index (χ0) is 14.7. The van der Waals surface area contributed by atoms with Crippen molar-refractivity contribution in [3.63, 3.8) is 0 Å². The van der Waals surface area contributed by atoms with E-state index in [0.29, 0.717) is 0 Å². The first-order valence-corrected chi connectivity index (χ1v) is 7.14. The summed E-state index contributed by atoms with van der Waals surface area (Å²) in [5.74, 6) is -1.18. The first-order valence-electron chi connectivity index (χ1n) is 5.46. The van der Waals surface area contributed by atoms with E-state index in [4.69, 9.17) is 0 Å². The Morgan fingerprint density at radius 3 is 2.85 bits per heavy atom. The molecular weight excluding hydrogens is 348 g/mol. The average Bonchev–Trinajstić information content (AvgIpc) is 2.81. The quantitative estimate of drug-likeness (QED) is 0.650. The fraction of sp³-hybridized carbons (Fsp3) is 0.0833. The van der Waals surface area contributed by atoms with Crippen LogP contribution in [0.1, 0.15) is 15.2 Å². The molecule has 0 atom stereocenters. The maximum absolute atomic E-state index is 11.9. The molecule has 1 heterocycles. The molecule has 6 nitrogen and oxygen atoms in total. The van der Waals surface area contributed by atoms with Gasteiger partial charge in [-0.3, -0.25) is 14.9 Å². The number of nitro benzene ring substituents is 1. The van der Waals surface area contributed by atoms with Gasteiger partial charge in [-0.25, -0.2) is 0 Å². The van der Waals surface area contributed by atoms with Gasteiger partial charge in [0.1, 0.15) is 0 Å². The third-order valence-electron chi connectivity index (χ3n) is 2.50. The first kappa shape index (κ1) is 14.5. The molecule has 0 aliphatic heterocycles. The summed E-state index contributed by atoms with van der Waals surface area (Å²) >= 11 is 4.77. The number of nitrogens with one attached hydrogen (secondary N) is 1. The summed E-state index contributed by atoms with van der Waals surface area (Å²) in [5, 5.41) is 24.9. The van der Waals surface area contributed by atoms with E-state index >= 15 is 0 Å². The molecule has 1 aromatic heterocycles. The molecule has 20 heavy (non-hydrogen) atoms. The maximum Gasteiger partial charge on any atom is 0.311 e. The third kappa shape index (κ3) is 3.14. The number of phenolic OH excluding ortho intramolecular Hbond substituents is 1. The summed E-state index contributed by atoms with van der Waals surface area (Å²) in [6, 6.07) is 5.69. The van der Waals surface area contributed by atoms with Crippen molar-refractivity contribution >= 4 is 38.9 Å². The summed E-state index contributed by atoms with van der Waals surface area (Å²) in [4.78, 5) is 22.8. The lowest BCUT2D eigenvalue weighted by atomic mass is 10.1. The van der Waals surface area contributed by atoms with Crippen LogP contribution in [-0.4, -0.2) is 15.9 Å². The second-order valence-electron chi connectivity index (χ2n) is 3.84. The van der Waals surface area contributed by atoms with Crippen LogP contribution in [0.2, 0.25) is 0 Å². The lowest BCUT2D eigenvalue weighted by Crippen LogP contribution is -2.22. The molecule has 0 saturated heterocycles. The monoisotopic (exact) mass is 356 g/mol. The van der Waals surface area contributed by atoms with Crippen LogP contribution < -0.4 is 5.32 Å². The van der Waals surface area contributed by atoms with Gasteiger partial charge in [0.25, 0.3) is 5.91 Å². The first-order chi connectivity index (χ1) is 9.49. The Kier molecular flexibility index (Phi) is 4.35. The molecule has 0 bridgehead atoms. The van der Waals surface area contributed by atoms with E-state index in [9.17, 15) is 20.0 Å². The predicted molar refractivity (Wildman–Crippen MR) is 78.0 cm³/mol. The molecule has 0 spiro atoms. The molecule has 0 aliphatic rings. The molecule has 0 radical (unpaired) electrons. The van der Waals surface area contributed by atoms with Gasteiger partial charge in [-0.2, -0.15) is 0 Å². The summed E-state index contributed by atoms with van der Waals surface area (Å²) in [6.45, 7) is 0.289. The van der Waals surface area contributed by atoms with Crippen molar-refractivity contribution in [2.24, 2.45) is 0 Å². The van der Waals surface area contributed by atoms with E-state index < -0.39 is 22.3 Å². The molecule has 0 unspecified atom stereocenters. The second kappa shape index (κ2) is 6.02. The topological polar surface area (TPSA) is 92.5 Å². The highest BCUT2D eigenvalue weighted by atomic mass is 79.9. The molecule has 1 amide bonds. The van der Waals surface area contributed by atoms with Crippen LogP contribution in [0.5, 0.6) is 5.75 Å². The number of nitro groups is 1. The summed E-state index contributed by atoms with van der Waals surface area (Å²) in [7, 11) is 0. The van der Waals surface area contributed by atoms with Gasteiger partial charge < -0.3 is 10.4 Å². The lowest BCUT2D eigenvalue weighted by molar-refractivity contribution is -0.385. The third-order valence-corrected chi connectivity index (χ3v) is 4.20. The Bertz CT molecular complexity index is 671. The highest BCUT2D eigenvalue weighted by Gasteiger charge is 2.20. The molecule has 0 fully saturated rings.